The first-order chi connectivity index (χ1) is 14.0. The summed E-state index contributed by atoms with van der Waals surface area (Å²) in [5.41, 5.74) is 3.97. The maximum absolute atomic E-state index is 6.49. The van der Waals surface area contributed by atoms with Crippen LogP contribution in [0.5, 0.6) is 5.75 Å². The molecule has 0 aromatic heterocycles. The molecule has 146 valence electrons. The van der Waals surface area contributed by atoms with Crippen molar-refractivity contribution in [2.24, 2.45) is 5.10 Å². The van der Waals surface area contributed by atoms with E-state index in [2.05, 4.69) is 28.1 Å². The zero-order valence-electron chi connectivity index (χ0n) is 14.9. The number of benzene rings is 3. The highest BCUT2D eigenvalue weighted by Gasteiger charge is 2.42. The third-order valence-electron chi connectivity index (χ3n) is 5.14. The average Bonchev–Trinajstić information content (AvgIpc) is 3.14. The summed E-state index contributed by atoms with van der Waals surface area (Å²) in [6.45, 7) is 0. The van der Waals surface area contributed by atoms with Crippen molar-refractivity contribution in [3.63, 3.8) is 0 Å². The summed E-state index contributed by atoms with van der Waals surface area (Å²) >= 11 is 22.4. The van der Waals surface area contributed by atoms with Gasteiger partial charge in [-0.15, -0.1) is 0 Å². The van der Waals surface area contributed by atoms with Gasteiger partial charge in [0.25, 0.3) is 0 Å². The maximum Gasteiger partial charge on any atom is 0.213 e. The molecule has 0 bridgehead atoms. The van der Waals surface area contributed by atoms with Crippen LogP contribution in [0.1, 0.15) is 35.4 Å². The molecule has 0 fully saturated rings. The molecule has 2 aliphatic heterocycles. The highest BCUT2D eigenvalue weighted by atomic mass is 79.9. The molecule has 29 heavy (non-hydrogen) atoms. The number of ether oxygens (including phenoxy) is 1. The molecule has 3 aromatic rings. The summed E-state index contributed by atoms with van der Waals surface area (Å²) in [5, 5.41) is 8.69. The van der Waals surface area contributed by atoms with Crippen molar-refractivity contribution in [2.45, 2.75) is 18.7 Å². The normalized spacial score (nSPS) is 20.0. The summed E-state index contributed by atoms with van der Waals surface area (Å²) in [5.74, 6) is 0.657. The number of hydrogen-bond donors (Lipinski definition) is 0. The number of halogens is 4. The van der Waals surface area contributed by atoms with E-state index >= 15 is 0 Å². The number of fused-ring (bicyclic) bond motifs is 3. The van der Waals surface area contributed by atoms with Gasteiger partial charge in [0.15, 0.2) is 0 Å². The predicted molar refractivity (Wildman–Crippen MR) is 121 cm³/mol. The molecule has 2 aliphatic rings. The second kappa shape index (κ2) is 7.51. The predicted octanol–water partition coefficient (Wildman–Crippen LogP) is 7.65. The molecule has 0 amide bonds. The smallest absolute Gasteiger partial charge is 0.213 e. The molecule has 2 atom stereocenters. The summed E-state index contributed by atoms with van der Waals surface area (Å²) in [6.07, 6.45) is 0.329. The minimum atomic E-state index is -0.406. The van der Waals surface area contributed by atoms with E-state index in [-0.39, 0.29) is 6.04 Å². The monoisotopic (exact) mass is 506 g/mol. The SMILES string of the molecule is Clc1ccc([C@@H]2Oc3c(Cl)cc(Cl)cc3[C@H]3CC(c4ccc(Br)cc4)=NN32)cc1. The van der Waals surface area contributed by atoms with Gasteiger partial charge in [-0.2, -0.15) is 5.10 Å². The summed E-state index contributed by atoms with van der Waals surface area (Å²) in [7, 11) is 0. The van der Waals surface area contributed by atoms with E-state index in [1.807, 2.05) is 47.5 Å². The van der Waals surface area contributed by atoms with Crippen LogP contribution < -0.4 is 4.74 Å². The van der Waals surface area contributed by atoms with Crippen LogP contribution in [-0.4, -0.2) is 10.7 Å². The van der Waals surface area contributed by atoms with Gasteiger partial charge in [0.05, 0.1) is 16.8 Å². The first-order valence-electron chi connectivity index (χ1n) is 9.02. The largest absolute Gasteiger partial charge is 0.463 e. The first kappa shape index (κ1) is 19.3. The maximum atomic E-state index is 6.49. The number of hydrogen-bond acceptors (Lipinski definition) is 3. The Morgan fingerprint density at radius 3 is 2.38 bits per heavy atom. The number of hydrazone groups is 1. The van der Waals surface area contributed by atoms with Crippen LogP contribution in [-0.2, 0) is 0 Å². The third-order valence-corrected chi connectivity index (χ3v) is 6.42. The Morgan fingerprint density at radius 2 is 1.66 bits per heavy atom. The van der Waals surface area contributed by atoms with E-state index < -0.39 is 6.23 Å². The minimum Gasteiger partial charge on any atom is -0.463 e. The Balaban J connectivity index is 1.62. The molecule has 5 rings (SSSR count). The highest BCUT2D eigenvalue weighted by Crippen LogP contribution is 2.50. The second-order valence-corrected chi connectivity index (χ2v) is 9.18. The number of nitrogens with zero attached hydrogens (tertiary/aromatic N) is 2. The zero-order chi connectivity index (χ0) is 20.1. The third kappa shape index (κ3) is 3.53. The first-order valence-corrected chi connectivity index (χ1v) is 10.9. The summed E-state index contributed by atoms with van der Waals surface area (Å²) < 4.78 is 7.37. The van der Waals surface area contributed by atoms with Crippen molar-refractivity contribution in [1.29, 1.82) is 0 Å². The van der Waals surface area contributed by atoms with Gasteiger partial charge >= 0.3 is 0 Å². The highest BCUT2D eigenvalue weighted by molar-refractivity contribution is 9.10. The Morgan fingerprint density at radius 1 is 0.931 bits per heavy atom. The molecule has 0 N–H and O–H groups in total. The molecule has 7 heteroatoms. The fourth-order valence-electron chi connectivity index (χ4n) is 3.78. The van der Waals surface area contributed by atoms with Crippen LogP contribution in [0, 0.1) is 0 Å². The fourth-order valence-corrected chi connectivity index (χ4v) is 4.72. The Kier molecular flexibility index (Phi) is 4.99. The lowest BCUT2D eigenvalue weighted by atomic mass is 9.96. The van der Waals surface area contributed by atoms with Crippen LogP contribution >= 0.6 is 50.7 Å². The topological polar surface area (TPSA) is 24.8 Å². The van der Waals surface area contributed by atoms with Gasteiger partial charge in [0, 0.05) is 32.1 Å². The molecule has 0 spiro atoms. The molecule has 0 radical (unpaired) electrons. The van der Waals surface area contributed by atoms with Crippen molar-refractivity contribution >= 4 is 56.4 Å². The molecule has 3 aromatic carbocycles. The average molecular weight is 509 g/mol. The van der Waals surface area contributed by atoms with Gasteiger partial charge in [-0.3, -0.25) is 0 Å². The Hall–Kier alpha value is -1.72. The van der Waals surface area contributed by atoms with Crippen molar-refractivity contribution < 1.29 is 4.74 Å². The van der Waals surface area contributed by atoms with Gasteiger partial charge in [-0.05, 0) is 42.0 Å². The molecule has 0 aliphatic carbocycles. The lowest BCUT2D eigenvalue weighted by Gasteiger charge is -2.38. The van der Waals surface area contributed by atoms with E-state index in [1.165, 1.54) is 0 Å². The van der Waals surface area contributed by atoms with Crippen molar-refractivity contribution in [3.8, 4) is 5.75 Å². The summed E-state index contributed by atoms with van der Waals surface area (Å²) in [6, 6.07) is 19.4. The van der Waals surface area contributed by atoms with E-state index in [9.17, 15) is 0 Å². The van der Waals surface area contributed by atoms with E-state index in [0.29, 0.717) is 20.8 Å². The van der Waals surface area contributed by atoms with E-state index in [4.69, 9.17) is 44.6 Å². The Labute approximate surface area is 192 Å². The Bertz CT molecular complexity index is 1120. The van der Waals surface area contributed by atoms with Crippen LogP contribution in [0.15, 0.2) is 70.2 Å². The van der Waals surface area contributed by atoms with Gasteiger partial charge in [0.2, 0.25) is 6.23 Å². The van der Waals surface area contributed by atoms with Crippen LogP contribution in [0.3, 0.4) is 0 Å². The summed E-state index contributed by atoms with van der Waals surface area (Å²) in [4.78, 5) is 0. The van der Waals surface area contributed by atoms with Gasteiger partial charge < -0.3 is 4.74 Å². The van der Waals surface area contributed by atoms with Crippen molar-refractivity contribution in [1.82, 2.24) is 5.01 Å². The van der Waals surface area contributed by atoms with Crippen molar-refractivity contribution in [2.75, 3.05) is 0 Å². The van der Waals surface area contributed by atoms with Crippen LogP contribution in [0.25, 0.3) is 0 Å². The van der Waals surface area contributed by atoms with E-state index in [1.54, 1.807) is 6.07 Å². The molecular formula is C22H14BrCl3N2O. The van der Waals surface area contributed by atoms with Gasteiger partial charge in [-0.1, -0.05) is 75.0 Å². The lowest BCUT2D eigenvalue weighted by molar-refractivity contribution is -0.0189. The molecule has 0 unspecified atom stereocenters. The van der Waals surface area contributed by atoms with Crippen LogP contribution in [0.2, 0.25) is 15.1 Å². The van der Waals surface area contributed by atoms with Crippen molar-refractivity contribution in [3.05, 3.63) is 96.9 Å². The number of rotatable bonds is 2. The lowest BCUT2D eigenvalue weighted by Crippen LogP contribution is -2.33. The molecule has 0 saturated carbocycles. The quantitative estimate of drug-likeness (QED) is 0.355. The fraction of sp³-hybridized carbons (Fsp3) is 0.136. The minimum absolute atomic E-state index is 0.0192. The second-order valence-electron chi connectivity index (χ2n) is 6.98. The van der Waals surface area contributed by atoms with Gasteiger partial charge in [0.1, 0.15) is 5.75 Å². The zero-order valence-corrected chi connectivity index (χ0v) is 18.8. The standard InChI is InChI=1S/C22H14BrCl3N2O/c23-14-5-1-12(2-6-14)19-11-20-17-9-16(25)10-18(26)21(17)29-22(28(20)27-19)13-3-7-15(24)8-4-13/h1-10,20,22H,11H2/t20-,22+/m1/s1. The molecule has 0 saturated heterocycles. The van der Waals surface area contributed by atoms with Gasteiger partial charge in [-0.25, -0.2) is 5.01 Å². The molecular weight excluding hydrogens is 495 g/mol. The molecule has 2 heterocycles. The molecule has 3 nitrogen and oxygen atoms in total. The van der Waals surface area contributed by atoms with Crippen LogP contribution in [0.4, 0.5) is 0 Å². The van der Waals surface area contributed by atoms with E-state index in [0.717, 1.165) is 33.3 Å².